The topological polar surface area (TPSA) is 57.9 Å². The van der Waals surface area contributed by atoms with Gasteiger partial charge in [-0.2, -0.15) is 5.26 Å². The molecule has 2 unspecified atom stereocenters. The maximum absolute atomic E-state index is 9.33. The highest BCUT2D eigenvalue weighted by molar-refractivity contribution is 5.43. The van der Waals surface area contributed by atoms with Crippen molar-refractivity contribution in [3.8, 4) is 11.9 Å². The summed E-state index contributed by atoms with van der Waals surface area (Å²) in [7, 11) is 0. The standard InChI is InChI=1S/C16H21N3O/c1-11-6-7-18-10-15(11)20-16-13(9-17)8-12-4-2-3-5-14(12)19-16/h8,11,15,18H,2-7,10H2,1H3. The van der Waals surface area contributed by atoms with Crippen LogP contribution in [-0.2, 0) is 12.8 Å². The van der Waals surface area contributed by atoms with Gasteiger partial charge in [-0.3, -0.25) is 0 Å². The van der Waals surface area contributed by atoms with Crippen molar-refractivity contribution < 1.29 is 4.74 Å². The van der Waals surface area contributed by atoms with Crippen LogP contribution in [0.5, 0.6) is 5.88 Å². The van der Waals surface area contributed by atoms with E-state index in [1.807, 2.05) is 6.07 Å². The summed E-state index contributed by atoms with van der Waals surface area (Å²) in [5.74, 6) is 1.04. The lowest BCUT2D eigenvalue weighted by molar-refractivity contribution is 0.109. The summed E-state index contributed by atoms with van der Waals surface area (Å²) in [4.78, 5) is 4.64. The normalized spacial score (nSPS) is 25.6. The predicted molar refractivity (Wildman–Crippen MR) is 76.7 cm³/mol. The van der Waals surface area contributed by atoms with Crippen molar-refractivity contribution in [2.24, 2.45) is 5.92 Å². The molecule has 2 aliphatic rings. The second-order valence-corrected chi connectivity index (χ2v) is 5.89. The van der Waals surface area contributed by atoms with E-state index in [0.717, 1.165) is 38.0 Å². The fourth-order valence-electron chi connectivity index (χ4n) is 3.05. The Kier molecular flexibility index (Phi) is 3.88. The number of piperidine rings is 1. The van der Waals surface area contributed by atoms with Crippen molar-refractivity contribution in [2.45, 2.75) is 45.1 Å². The molecular weight excluding hydrogens is 250 g/mol. The number of nitrogens with zero attached hydrogens (tertiary/aromatic N) is 2. The van der Waals surface area contributed by atoms with Crippen LogP contribution in [0, 0.1) is 17.2 Å². The average Bonchev–Trinajstić information content (AvgIpc) is 2.49. The Morgan fingerprint density at radius 1 is 1.40 bits per heavy atom. The lowest BCUT2D eigenvalue weighted by Gasteiger charge is -2.30. The first-order valence-corrected chi connectivity index (χ1v) is 7.58. The molecule has 0 saturated carbocycles. The number of nitrogens with one attached hydrogen (secondary N) is 1. The van der Waals surface area contributed by atoms with Crippen LogP contribution in [0.4, 0.5) is 0 Å². The van der Waals surface area contributed by atoms with Crippen molar-refractivity contribution in [2.75, 3.05) is 13.1 Å². The molecule has 0 aromatic carbocycles. The Morgan fingerprint density at radius 2 is 2.25 bits per heavy atom. The summed E-state index contributed by atoms with van der Waals surface area (Å²) in [5.41, 5.74) is 2.94. The highest BCUT2D eigenvalue weighted by Crippen LogP contribution is 2.27. The lowest BCUT2D eigenvalue weighted by Crippen LogP contribution is -2.43. The largest absolute Gasteiger partial charge is 0.472 e. The van der Waals surface area contributed by atoms with E-state index in [0.29, 0.717) is 17.4 Å². The monoisotopic (exact) mass is 271 g/mol. The van der Waals surface area contributed by atoms with E-state index >= 15 is 0 Å². The number of nitriles is 1. The third kappa shape index (κ3) is 2.64. The summed E-state index contributed by atoms with van der Waals surface area (Å²) in [6.07, 6.45) is 5.66. The van der Waals surface area contributed by atoms with E-state index in [4.69, 9.17) is 4.74 Å². The molecule has 2 atom stereocenters. The zero-order valence-corrected chi connectivity index (χ0v) is 12.0. The molecule has 1 aliphatic carbocycles. The Labute approximate surface area is 120 Å². The van der Waals surface area contributed by atoms with Crippen molar-refractivity contribution in [3.63, 3.8) is 0 Å². The van der Waals surface area contributed by atoms with Crippen LogP contribution in [-0.4, -0.2) is 24.2 Å². The maximum atomic E-state index is 9.33. The van der Waals surface area contributed by atoms with Crippen LogP contribution >= 0.6 is 0 Å². The van der Waals surface area contributed by atoms with E-state index in [1.54, 1.807) is 0 Å². The van der Waals surface area contributed by atoms with E-state index in [-0.39, 0.29) is 6.10 Å². The number of rotatable bonds is 2. The fraction of sp³-hybridized carbons (Fsp3) is 0.625. The van der Waals surface area contributed by atoms with Gasteiger partial charge in [-0.05, 0) is 56.2 Å². The van der Waals surface area contributed by atoms with Crippen LogP contribution in [0.15, 0.2) is 6.07 Å². The number of hydrogen-bond donors (Lipinski definition) is 1. The quantitative estimate of drug-likeness (QED) is 0.896. The van der Waals surface area contributed by atoms with Crippen molar-refractivity contribution in [1.29, 1.82) is 5.26 Å². The van der Waals surface area contributed by atoms with Crippen molar-refractivity contribution in [3.05, 3.63) is 22.9 Å². The molecular formula is C16H21N3O. The summed E-state index contributed by atoms with van der Waals surface area (Å²) < 4.78 is 6.06. The molecule has 1 saturated heterocycles. The van der Waals surface area contributed by atoms with E-state index in [2.05, 4.69) is 23.3 Å². The summed E-state index contributed by atoms with van der Waals surface area (Å²) in [6.45, 7) is 4.09. The van der Waals surface area contributed by atoms with Gasteiger partial charge in [0, 0.05) is 12.2 Å². The summed E-state index contributed by atoms with van der Waals surface area (Å²) in [5, 5.41) is 12.7. The minimum atomic E-state index is 0.116. The molecule has 1 aromatic rings. The molecule has 1 aliphatic heterocycles. The first-order chi connectivity index (χ1) is 9.78. The molecule has 1 aromatic heterocycles. The molecule has 20 heavy (non-hydrogen) atoms. The number of hydrogen-bond acceptors (Lipinski definition) is 4. The van der Waals surface area contributed by atoms with Gasteiger partial charge in [0.15, 0.2) is 0 Å². The van der Waals surface area contributed by atoms with Crippen molar-refractivity contribution in [1.82, 2.24) is 10.3 Å². The van der Waals surface area contributed by atoms with Gasteiger partial charge in [0.1, 0.15) is 17.7 Å². The first kappa shape index (κ1) is 13.4. The molecule has 4 nitrogen and oxygen atoms in total. The zero-order valence-electron chi connectivity index (χ0n) is 12.0. The fourth-order valence-corrected chi connectivity index (χ4v) is 3.05. The van der Waals surface area contributed by atoms with Crippen LogP contribution in [0.25, 0.3) is 0 Å². The summed E-state index contributed by atoms with van der Waals surface area (Å²) in [6, 6.07) is 4.23. The minimum absolute atomic E-state index is 0.116. The third-order valence-electron chi connectivity index (χ3n) is 4.41. The third-order valence-corrected chi connectivity index (χ3v) is 4.41. The van der Waals surface area contributed by atoms with Crippen LogP contribution < -0.4 is 10.1 Å². The van der Waals surface area contributed by atoms with Gasteiger partial charge in [-0.1, -0.05) is 6.92 Å². The number of pyridine rings is 1. The van der Waals surface area contributed by atoms with Gasteiger partial charge in [0.05, 0.1) is 0 Å². The van der Waals surface area contributed by atoms with Gasteiger partial charge in [-0.25, -0.2) is 4.98 Å². The Morgan fingerprint density at radius 3 is 3.05 bits per heavy atom. The SMILES string of the molecule is CC1CCNCC1Oc1nc2c(cc1C#N)CCCC2. The van der Waals surface area contributed by atoms with Gasteiger partial charge < -0.3 is 10.1 Å². The molecule has 106 valence electrons. The second kappa shape index (κ2) is 5.80. The number of fused-ring (bicyclic) bond motifs is 1. The van der Waals surface area contributed by atoms with E-state index in [1.165, 1.54) is 18.4 Å². The second-order valence-electron chi connectivity index (χ2n) is 5.89. The van der Waals surface area contributed by atoms with Crippen LogP contribution in [0.1, 0.15) is 43.0 Å². The molecule has 1 fully saturated rings. The van der Waals surface area contributed by atoms with Crippen LogP contribution in [0.2, 0.25) is 0 Å². The predicted octanol–water partition coefficient (Wildman–Crippen LogP) is 2.21. The molecule has 3 rings (SSSR count). The number of ether oxygens (including phenoxy) is 1. The minimum Gasteiger partial charge on any atom is -0.472 e. The number of aromatic nitrogens is 1. The molecule has 1 N–H and O–H groups in total. The van der Waals surface area contributed by atoms with Crippen LogP contribution in [0.3, 0.4) is 0 Å². The van der Waals surface area contributed by atoms with Crippen molar-refractivity contribution >= 4 is 0 Å². The highest BCUT2D eigenvalue weighted by Gasteiger charge is 2.25. The molecule has 0 amide bonds. The molecule has 2 heterocycles. The van der Waals surface area contributed by atoms with E-state index < -0.39 is 0 Å². The molecule has 4 heteroatoms. The molecule has 0 bridgehead atoms. The van der Waals surface area contributed by atoms with E-state index in [9.17, 15) is 5.26 Å². The summed E-state index contributed by atoms with van der Waals surface area (Å²) >= 11 is 0. The molecule has 0 spiro atoms. The number of aryl methyl sites for hydroxylation is 2. The average molecular weight is 271 g/mol. The Balaban J connectivity index is 1.86. The van der Waals surface area contributed by atoms with Gasteiger partial charge in [0.2, 0.25) is 5.88 Å². The van der Waals surface area contributed by atoms with Gasteiger partial charge >= 0.3 is 0 Å². The highest BCUT2D eigenvalue weighted by atomic mass is 16.5. The van der Waals surface area contributed by atoms with Gasteiger partial charge in [0.25, 0.3) is 0 Å². The Bertz CT molecular complexity index is 535. The first-order valence-electron chi connectivity index (χ1n) is 7.58. The Hall–Kier alpha value is -1.60. The molecule has 0 radical (unpaired) electrons. The smallest absolute Gasteiger partial charge is 0.232 e. The maximum Gasteiger partial charge on any atom is 0.232 e. The van der Waals surface area contributed by atoms with Gasteiger partial charge in [-0.15, -0.1) is 0 Å². The lowest BCUT2D eigenvalue weighted by atomic mass is 9.95. The zero-order chi connectivity index (χ0) is 13.9.